The largest absolute Gasteiger partial charge is 0.428 e. The fraction of sp³-hybridized carbons (Fsp3) is 0.438. The lowest BCUT2D eigenvalue weighted by molar-refractivity contribution is 0.251. The van der Waals surface area contributed by atoms with Crippen molar-refractivity contribution in [3.05, 3.63) is 41.0 Å². The van der Waals surface area contributed by atoms with Crippen molar-refractivity contribution in [3.8, 4) is 0 Å². The van der Waals surface area contributed by atoms with Gasteiger partial charge in [-0.05, 0) is 50.3 Å². The SMILES string of the molecule is Cc1cnccc1CCNC(=O)Nc1nc(C2CC2)c(C)o1. The minimum atomic E-state index is -0.296. The second-order valence-electron chi connectivity index (χ2n) is 5.67. The van der Waals surface area contributed by atoms with Crippen molar-refractivity contribution in [1.82, 2.24) is 15.3 Å². The molecule has 1 saturated carbocycles. The number of amides is 2. The molecule has 0 aliphatic heterocycles. The van der Waals surface area contributed by atoms with Crippen LogP contribution >= 0.6 is 0 Å². The highest BCUT2D eigenvalue weighted by molar-refractivity contribution is 5.86. The van der Waals surface area contributed by atoms with Crippen molar-refractivity contribution < 1.29 is 9.21 Å². The molecule has 2 N–H and O–H groups in total. The first-order valence-corrected chi connectivity index (χ1v) is 7.55. The molecule has 0 unspecified atom stereocenters. The van der Waals surface area contributed by atoms with E-state index in [4.69, 9.17) is 4.42 Å². The van der Waals surface area contributed by atoms with Gasteiger partial charge in [-0.15, -0.1) is 0 Å². The molecule has 2 aromatic heterocycles. The van der Waals surface area contributed by atoms with E-state index in [0.29, 0.717) is 12.5 Å². The van der Waals surface area contributed by atoms with Gasteiger partial charge in [0, 0.05) is 24.9 Å². The van der Waals surface area contributed by atoms with Gasteiger partial charge >= 0.3 is 12.0 Å². The third-order valence-electron chi connectivity index (χ3n) is 3.83. The highest BCUT2D eigenvalue weighted by atomic mass is 16.4. The number of carbonyl (C=O) groups is 1. The summed E-state index contributed by atoms with van der Waals surface area (Å²) in [7, 11) is 0. The molecule has 0 aromatic carbocycles. The summed E-state index contributed by atoms with van der Waals surface area (Å²) >= 11 is 0. The predicted molar refractivity (Wildman–Crippen MR) is 82.9 cm³/mol. The van der Waals surface area contributed by atoms with Gasteiger partial charge in [0.05, 0.1) is 5.69 Å². The Hall–Kier alpha value is -2.37. The number of aryl methyl sites for hydroxylation is 2. The van der Waals surface area contributed by atoms with E-state index in [1.165, 1.54) is 5.56 Å². The number of hydrogen-bond acceptors (Lipinski definition) is 4. The second-order valence-corrected chi connectivity index (χ2v) is 5.67. The van der Waals surface area contributed by atoms with Gasteiger partial charge in [-0.25, -0.2) is 4.79 Å². The van der Waals surface area contributed by atoms with Crippen molar-refractivity contribution in [1.29, 1.82) is 0 Å². The predicted octanol–water partition coefficient (Wildman–Crippen LogP) is 2.93. The fourth-order valence-electron chi connectivity index (χ4n) is 2.43. The van der Waals surface area contributed by atoms with Gasteiger partial charge in [0.2, 0.25) is 0 Å². The molecule has 0 bridgehead atoms. The van der Waals surface area contributed by atoms with E-state index in [9.17, 15) is 4.79 Å². The van der Waals surface area contributed by atoms with Crippen LogP contribution in [0.25, 0.3) is 0 Å². The number of hydrogen-bond donors (Lipinski definition) is 2. The third-order valence-corrected chi connectivity index (χ3v) is 3.83. The maximum atomic E-state index is 11.9. The van der Waals surface area contributed by atoms with Gasteiger partial charge in [0.1, 0.15) is 5.76 Å². The number of carbonyl (C=O) groups excluding carboxylic acids is 1. The highest BCUT2D eigenvalue weighted by Crippen LogP contribution is 2.41. The Labute approximate surface area is 129 Å². The minimum absolute atomic E-state index is 0.275. The van der Waals surface area contributed by atoms with Crippen LogP contribution < -0.4 is 10.6 Å². The Morgan fingerprint density at radius 3 is 2.95 bits per heavy atom. The van der Waals surface area contributed by atoms with Crippen molar-refractivity contribution in [2.24, 2.45) is 0 Å². The summed E-state index contributed by atoms with van der Waals surface area (Å²) in [5, 5.41) is 5.46. The Bertz CT molecular complexity index is 677. The first-order valence-electron chi connectivity index (χ1n) is 7.55. The average Bonchev–Trinajstić information content (AvgIpc) is 3.25. The number of aromatic nitrogens is 2. The van der Waals surface area contributed by atoms with Crippen LogP contribution in [0.15, 0.2) is 22.9 Å². The molecule has 6 heteroatoms. The first-order chi connectivity index (χ1) is 10.6. The van der Waals surface area contributed by atoms with E-state index < -0.39 is 0 Å². The Morgan fingerprint density at radius 1 is 1.41 bits per heavy atom. The zero-order valence-corrected chi connectivity index (χ0v) is 12.8. The van der Waals surface area contributed by atoms with Gasteiger partial charge in [-0.2, -0.15) is 4.98 Å². The van der Waals surface area contributed by atoms with Gasteiger partial charge in [-0.1, -0.05) is 0 Å². The summed E-state index contributed by atoms with van der Waals surface area (Å²) in [5.74, 6) is 1.31. The van der Waals surface area contributed by atoms with Gasteiger partial charge in [-0.3, -0.25) is 10.3 Å². The van der Waals surface area contributed by atoms with Crippen molar-refractivity contribution in [2.45, 2.75) is 39.0 Å². The number of anilines is 1. The molecule has 2 amide bonds. The van der Waals surface area contributed by atoms with E-state index in [1.807, 2.05) is 26.1 Å². The molecule has 0 radical (unpaired) electrons. The van der Waals surface area contributed by atoms with Crippen molar-refractivity contribution >= 4 is 12.0 Å². The van der Waals surface area contributed by atoms with E-state index in [2.05, 4.69) is 20.6 Å². The first kappa shape index (κ1) is 14.6. The molecule has 116 valence electrons. The van der Waals surface area contributed by atoms with Crippen LogP contribution in [-0.2, 0) is 6.42 Å². The Kier molecular flexibility index (Phi) is 4.09. The molecule has 1 aliphatic carbocycles. The lowest BCUT2D eigenvalue weighted by atomic mass is 10.1. The van der Waals surface area contributed by atoms with Crippen LogP contribution in [0.4, 0.5) is 10.8 Å². The number of nitrogens with zero attached hydrogens (tertiary/aromatic N) is 2. The van der Waals surface area contributed by atoms with Crippen LogP contribution in [0.5, 0.6) is 0 Å². The fourth-order valence-corrected chi connectivity index (χ4v) is 2.43. The number of urea groups is 1. The van der Waals surface area contributed by atoms with E-state index in [-0.39, 0.29) is 12.0 Å². The van der Waals surface area contributed by atoms with E-state index in [1.54, 1.807) is 6.20 Å². The lowest BCUT2D eigenvalue weighted by Crippen LogP contribution is -2.30. The average molecular weight is 300 g/mol. The summed E-state index contributed by atoms with van der Waals surface area (Å²) in [6.07, 6.45) is 6.66. The van der Waals surface area contributed by atoms with Crippen LogP contribution in [0.1, 0.15) is 41.3 Å². The topological polar surface area (TPSA) is 80.0 Å². The molecular formula is C16H20N4O2. The summed E-state index contributed by atoms with van der Waals surface area (Å²) in [6, 6.07) is 1.95. The quantitative estimate of drug-likeness (QED) is 0.889. The molecule has 1 fully saturated rings. The molecule has 0 atom stereocenters. The van der Waals surface area contributed by atoms with Crippen LogP contribution in [0.3, 0.4) is 0 Å². The number of rotatable bonds is 5. The zero-order chi connectivity index (χ0) is 15.5. The number of pyridine rings is 1. The standard InChI is InChI=1S/C16H20N4O2/c1-10-9-17-7-5-12(10)6-8-18-15(21)20-16-19-14(11(2)22-16)13-3-4-13/h5,7,9,13H,3-4,6,8H2,1-2H3,(H2,18,19,20,21). The minimum Gasteiger partial charge on any atom is -0.428 e. The molecule has 2 heterocycles. The van der Waals surface area contributed by atoms with Gasteiger partial charge in [0.15, 0.2) is 0 Å². The molecule has 6 nitrogen and oxygen atoms in total. The maximum Gasteiger partial charge on any atom is 0.322 e. The van der Waals surface area contributed by atoms with E-state index in [0.717, 1.165) is 36.3 Å². The molecule has 0 spiro atoms. The lowest BCUT2D eigenvalue weighted by Gasteiger charge is -2.06. The van der Waals surface area contributed by atoms with Crippen LogP contribution in [0, 0.1) is 13.8 Å². The van der Waals surface area contributed by atoms with Crippen LogP contribution in [0.2, 0.25) is 0 Å². The molecule has 2 aromatic rings. The summed E-state index contributed by atoms with van der Waals surface area (Å²) in [6.45, 7) is 4.44. The maximum absolute atomic E-state index is 11.9. The van der Waals surface area contributed by atoms with Crippen molar-refractivity contribution in [2.75, 3.05) is 11.9 Å². The monoisotopic (exact) mass is 300 g/mol. The molecule has 0 saturated heterocycles. The molecular weight excluding hydrogens is 280 g/mol. The highest BCUT2D eigenvalue weighted by Gasteiger charge is 2.29. The van der Waals surface area contributed by atoms with Crippen molar-refractivity contribution in [3.63, 3.8) is 0 Å². The Balaban J connectivity index is 1.48. The smallest absolute Gasteiger partial charge is 0.322 e. The third kappa shape index (κ3) is 3.44. The molecule has 1 aliphatic rings. The molecule has 3 rings (SSSR count). The number of nitrogens with one attached hydrogen (secondary N) is 2. The molecule has 22 heavy (non-hydrogen) atoms. The Morgan fingerprint density at radius 2 is 2.23 bits per heavy atom. The second kappa shape index (κ2) is 6.17. The van der Waals surface area contributed by atoms with Gasteiger partial charge in [0.25, 0.3) is 0 Å². The normalized spacial score (nSPS) is 13.9. The van der Waals surface area contributed by atoms with Crippen LogP contribution in [-0.4, -0.2) is 22.5 Å². The zero-order valence-electron chi connectivity index (χ0n) is 12.8. The summed E-state index contributed by atoms with van der Waals surface area (Å²) < 4.78 is 5.48. The summed E-state index contributed by atoms with van der Waals surface area (Å²) in [4.78, 5) is 20.3. The summed E-state index contributed by atoms with van der Waals surface area (Å²) in [5.41, 5.74) is 3.28. The van der Waals surface area contributed by atoms with Gasteiger partial charge < -0.3 is 9.73 Å². The van der Waals surface area contributed by atoms with E-state index >= 15 is 0 Å². The number of oxazole rings is 1.